The molecule has 2 atom stereocenters. The van der Waals surface area contributed by atoms with Crippen molar-refractivity contribution in [2.24, 2.45) is 5.92 Å². The summed E-state index contributed by atoms with van der Waals surface area (Å²) in [6, 6.07) is 1.54. The van der Waals surface area contributed by atoms with Crippen LogP contribution < -0.4 is 5.32 Å². The molecule has 0 spiro atoms. The third kappa shape index (κ3) is 4.47. The summed E-state index contributed by atoms with van der Waals surface area (Å²) in [4.78, 5) is 15.5. The predicted octanol–water partition coefficient (Wildman–Crippen LogP) is 2.38. The summed E-state index contributed by atoms with van der Waals surface area (Å²) in [5.74, 6) is 0.413. The summed E-state index contributed by atoms with van der Waals surface area (Å²) in [7, 11) is -3.57. The van der Waals surface area contributed by atoms with E-state index in [9.17, 15) is 13.2 Å². The van der Waals surface area contributed by atoms with Crippen molar-refractivity contribution in [2.75, 3.05) is 32.7 Å². The maximum Gasteiger partial charge on any atom is 0.263 e. The SMILES string of the molecule is CC1CCCN(CC(C)NC(=O)c2sccc2S(=O)(=O)N2CCCC2)C1. The van der Waals surface area contributed by atoms with Gasteiger partial charge in [-0.3, -0.25) is 4.79 Å². The van der Waals surface area contributed by atoms with Crippen molar-refractivity contribution in [1.29, 1.82) is 0 Å². The van der Waals surface area contributed by atoms with Gasteiger partial charge in [0.2, 0.25) is 10.0 Å². The average molecular weight is 400 g/mol. The van der Waals surface area contributed by atoms with Crippen LogP contribution in [0.1, 0.15) is 49.2 Å². The van der Waals surface area contributed by atoms with Crippen molar-refractivity contribution in [1.82, 2.24) is 14.5 Å². The number of rotatable bonds is 6. The highest BCUT2D eigenvalue weighted by Crippen LogP contribution is 2.27. The third-order valence-electron chi connectivity index (χ3n) is 5.17. The summed E-state index contributed by atoms with van der Waals surface area (Å²) in [6.45, 7) is 8.27. The molecule has 2 fully saturated rings. The van der Waals surface area contributed by atoms with E-state index in [2.05, 4.69) is 17.1 Å². The van der Waals surface area contributed by atoms with Crippen LogP contribution in [0, 0.1) is 5.92 Å². The van der Waals surface area contributed by atoms with Gasteiger partial charge in [0.1, 0.15) is 9.77 Å². The first-order chi connectivity index (χ1) is 12.4. The van der Waals surface area contributed by atoms with Crippen molar-refractivity contribution in [3.05, 3.63) is 16.3 Å². The molecule has 1 amide bonds. The molecular weight excluding hydrogens is 370 g/mol. The normalized spacial score (nSPS) is 23.8. The van der Waals surface area contributed by atoms with Crippen LogP contribution >= 0.6 is 11.3 Å². The number of hydrogen-bond donors (Lipinski definition) is 1. The lowest BCUT2D eigenvalue weighted by molar-refractivity contribution is 0.0921. The Hall–Kier alpha value is -0.960. The average Bonchev–Trinajstić information content (AvgIpc) is 3.27. The molecule has 0 radical (unpaired) electrons. The fourth-order valence-electron chi connectivity index (χ4n) is 3.91. The minimum absolute atomic E-state index is 0.0164. The van der Waals surface area contributed by atoms with Gasteiger partial charge in [0, 0.05) is 32.2 Å². The van der Waals surface area contributed by atoms with Gasteiger partial charge in [0.05, 0.1) is 0 Å². The molecule has 2 unspecified atom stereocenters. The minimum atomic E-state index is -3.57. The zero-order valence-corrected chi connectivity index (χ0v) is 17.2. The Kier molecular flexibility index (Phi) is 6.37. The fraction of sp³-hybridized carbons (Fsp3) is 0.722. The van der Waals surface area contributed by atoms with Crippen LogP contribution in [-0.4, -0.2) is 62.3 Å². The maximum absolute atomic E-state index is 12.8. The van der Waals surface area contributed by atoms with E-state index in [1.54, 1.807) is 11.4 Å². The van der Waals surface area contributed by atoms with E-state index in [0.29, 0.717) is 23.9 Å². The quantitative estimate of drug-likeness (QED) is 0.797. The Morgan fingerprint density at radius 1 is 1.31 bits per heavy atom. The van der Waals surface area contributed by atoms with Crippen molar-refractivity contribution < 1.29 is 13.2 Å². The van der Waals surface area contributed by atoms with E-state index in [4.69, 9.17) is 0 Å². The van der Waals surface area contributed by atoms with Gasteiger partial charge in [-0.15, -0.1) is 11.3 Å². The van der Waals surface area contributed by atoms with Gasteiger partial charge in [-0.2, -0.15) is 4.31 Å². The number of nitrogens with one attached hydrogen (secondary N) is 1. The number of amides is 1. The Morgan fingerprint density at radius 2 is 2.04 bits per heavy atom. The number of carbonyl (C=O) groups excluding carboxylic acids is 1. The van der Waals surface area contributed by atoms with E-state index in [0.717, 1.165) is 32.5 Å². The summed E-state index contributed by atoms with van der Waals surface area (Å²) >= 11 is 1.20. The number of piperidine rings is 1. The zero-order valence-electron chi connectivity index (χ0n) is 15.6. The molecular formula is C18H29N3O3S2. The molecule has 2 saturated heterocycles. The molecule has 2 aliphatic rings. The first kappa shape index (κ1) is 19.8. The smallest absolute Gasteiger partial charge is 0.263 e. The van der Waals surface area contributed by atoms with Gasteiger partial charge in [-0.05, 0) is 56.5 Å². The Bertz CT molecular complexity index is 726. The highest BCUT2D eigenvalue weighted by Gasteiger charge is 2.32. The number of carbonyl (C=O) groups is 1. The Balaban J connectivity index is 1.64. The summed E-state index contributed by atoms with van der Waals surface area (Å²) < 4.78 is 27.1. The van der Waals surface area contributed by atoms with Gasteiger partial charge in [-0.1, -0.05) is 6.92 Å². The van der Waals surface area contributed by atoms with Gasteiger partial charge in [0.15, 0.2) is 0 Å². The lowest BCUT2D eigenvalue weighted by atomic mass is 10.00. The van der Waals surface area contributed by atoms with E-state index >= 15 is 0 Å². The van der Waals surface area contributed by atoms with Crippen LogP contribution in [0.5, 0.6) is 0 Å². The number of nitrogens with zero attached hydrogens (tertiary/aromatic N) is 2. The van der Waals surface area contributed by atoms with Gasteiger partial charge in [0.25, 0.3) is 5.91 Å². The van der Waals surface area contributed by atoms with Crippen molar-refractivity contribution in [3.8, 4) is 0 Å². The third-order valence-corrected chi connectivity index (χ3v) is 8.15. The van der Waals surface area contributed by atoms with E-state index in [-0.39, 0.29) is 16.8 Å². The maximum atomic E-state index is 12.8. The molecule has 3 heterocycles. The van der Waals surface area contributed by atoms with Gasteiger partial charge in [-0.25, -0.2) is 8.42 Å². The highest BCUT2D eigenvalue weighted by atomic mass is 32.2. The fourth-order valence-corrected chi connectivity index (χ4v) is 6.73. The molecule has 0 aromatic carbocycles. The molecule has 6 nitrogen and oxygen atoms in total. The number of thiophene rings is 1. The van der Waals surface area contributed by atoms with Crippen LogP contribution in [0.15, 0.2) is 16.3 Å². The van der Waals surface area contributed by atoms with Crippen molar-refractivity contribution in [3.63, 3.8) is 0 Å². The standard InChI is InChI=1S/C18H29N3O3S2/c1-14-6-5-8-20(12-14)13-15(2)19-18(22)17-16(7-11-25-17)26(23,24)21-9-3-4-10-21/h7,11,14-15H,3-6,8-10,12-13H2,1-2H3,(H,19,22). The van der Waals surface area contributed by atoms with Crippen molar-refractivity contribution in [2.45, 2.75) is 50.5 Å². The van der Waals surface area contributed by atoms with Crippen LogP contribution in [0.25, 0.3) is 0 Å². The molecule has 8 heteroatoms. The Labute approximate surface area is 160 Å². The molecule has 1 aromatic heterocycles. The summed E-state index contributed by atoms with van der Waals surface area (Å²) in [5.41, 5.74) is 0. The molecule has 146 valence electrons. The molecule has 0 aliphatic carbocycles. The van der Waals surface area contributed by atoms with Gasteiger partial charge < -0.3 is 10.2 Å². The monoisotopic (exact) mass is 399 g/mol. The second-order valence-electron chi connectivity index (χ2n) is 7.61. The minimum Gasteiger partial charge on any atom is -0.348 e. The van der Waals surface area contributed by atoms with Crippen LogP contribution in [0.3, 0.4) is 0 Å². The number of hydrogen-bond acceptors (Lipinski definition) is 5. The van der Waals surface area contributed by atoms with Crippen molar-refractivity contribution >= 4 is 27.3 Å². The Morgan fingerprint density at radius 3 is 2.73 bits per heavy atom. The molecule has 0 bridgehead atoms. The molecule has 1 aromatic rings. The number of likely N-dealkylation sites (tertiary alicyclic amines) is 1. The molecule has 1 N–H and O–H groups in total. The van der Waals surface area contributed by atoms with Crippen LogP contribution in [-0.2, 0) is 10.0 Å². The second kappa shape index (κ2) is 8.37. The highest BCUT2D eigenvalue weighted by molar-refractivity contribution is 7.89. The molecule has 0 saturated carbocycles. The lowest BCUT2D eigenvalue weighted by Gasteiger charge is -2.32. The molecule has 2 aliphatic heterocycles. The first-order valence-corrected chi connectivity index (χ1v) is 11.8. The zero-order chi connectivity index (χ0) is 18.7. The number of sulfonamides is 1. The predicted molar refractivity (Wildman–Crippen MR) is 104 cm³/mol. The molecule has 26 heavy (non-hydrogen) atoms. The van der Waals surface area contributed by atoms with E-state index in [1.807, 2.05) is 6.92 Å². The second-order valence-corrected chi connectivity index (χ2v) is 10.4. The van der Waals surface area contributed by atoms with Crippen LogP contribution in [0.2, 0.25) is 0 Å². The first-order valence-electron chi connectivity index (χ1n) is 9.49. The largest absolute Gasteiger partial charge is 0.348 e. The van der Waals surface area contributed by atoms with E-state index in [1.165, 1.54) is 28.5 Å². The topological polar surface area (TPSA) is 69.7 Å². The lowest BCUT2D eigenvalue weighted by Crippen LogP contribution is -2.45. The summed E-state index contributed by atoms with van der Waals surface area (Å²) in [5, 5.41) is 4.68. The molecule has 3 rings (SSSR count). The van der Waals surface area contributed by atoms with Crippen LogP contribution in [0.4, 0.5) is 0 Å². The summed E-state index contributed by atoms with van der Waals surface area (Å²) in [6.07, 6.45) is 4.24. The van der Waals surface area contributed by atoms with E-state index < -0.39 is 10.0 Å². The van der Waals surface area contributed by atoms with Gasteiger partial charge >= 0.3 is 0 Å².